The van der Waals surface area contributed by atoms with Crippen molar-refractivity contribution in [1.29, 1.82) is 0 Å². The highest BCUT2D eigenvalue weighted by Crippen LogP contribution is 2.48. The van der Waals surface area contributed by atoms with Gasteiger partial charge in [0.15, 0.2) is 0 Å². The molecule has 104 valence electrons. The van der Waals surface area contributed by atoms with Crippen molar-refractivity contribution in [3.05, 3.63) is 30.3 Å². The fraction of sp³-hybridized carbons (Fsp3) is 0.533. The summed E-state index contributed by atoms with van der Waals surface area (Å²) < 4.78 is 5.49. The molecule has 0 aliphatic heterocycles. The van der Waals surface area contributed by atoms with Crippen LogP contribution in [0.2, 0.25) is 0 Å². The van der Waals surface area contributed by atoms with Gasteiger partial charge >= 0.3 is 0 Å². The maximum atomic E-state index is 11.7. The summed E-state index contributed by atoms with van der Waals surface area (Å²) in [5.41, 5.74) is 0.289. The molecule has 1 aliphatic carbocycles. The van der Waals surface area contributed by atoms with Crippen LogP contribution in [0.1, 0.15) is 25.7 Å². The first-order valence-corrected chi connectivity index (χ1v) is 7.28. The van der Waals surface area contributed by atoms with E-state index in [2.05, 4.69) is 5.32 Å². The molecule has 3 nitrogen and oxygen atoms in total. The van der Waals surface area contributed by atoms with Gasteiger partial charge in [0, 0.05) is 12.4 Å². The molecule has 1 aromatic carbocycles. The normalized spacial score (nSPS) is 15.8. The van der Waals surface area contributed by atoms with Crippen molar-refractivity contribution in [2.45, 2.75) is 25.7 Å². The average Bonchev–Trinajstić information content (AvgIpc) is 3.19. The predicted octanol–water partition coefficient (Wildman–Crippen LogP) is 2.98. The Bertz CT molecular complexity index is 404. The van der Waals surface area contributed by atoms with Crippen LogP contribution in [0.5, 0.6) is 5.75 Å². The van der Waals surface area contributed by atoms with Gasteiger partial charge in [-0.3, -0.25) is 4.79 Å². The summed E-state index contributed by atoms with van der Waals surface area (Å²) in [6, 6.07) is 9.54. The summed E-state index contributed by atoms with van der Waals surface area (Å²) in [6.07, 6.45) is 3.75. The molecule has 0 saturated heterocycles. The van der Waals surface area contributed by atoms with Crippen LogP contribution in [0.25, 0.3) is 0 Å². The number of ether oxygens (including phenoxy) is 1. The number of alkyl halides is 1. The third-order valence-electron chi connectivity index (χ3n) is 3.58. The monoisotopic (exact) mass is 281 g/mol. The lowest BCUT2D eigenvalue weighted by molar-refractivity contribution is -0.121. The zero-order valence-corrected chi connectivity index (χ0v) is 11.8. The van der Waals surface area contributed by atoms with Gasteiger partial charge in [-0.2, -0.15) is 0 Å². The van der Waals surface area contributed by atoms with Crippen molar-refractivity contribution in [3.63, 3.8) is 0 Å². The third kappa shape index (κ3) is 4.75. The number of para-hydroxylation sites is 1. The van der Waals surface area contributed by atoms with E-state index in [9.17, 15) is 4.79 Å². The lowest BCUT2D eigenvalue weighted by Gasteiger charge is -2.14. The maximum Gasteiger partial charge on any atom is 0.223 e. The molecule has 1 amide bonds. The Morgan fingerprint density at radius 1 is 1.32 bits per heavy atom. The zero-order valence-electron chi connectivity index (χ0n) is 11.0. The molecule has 1 aromatic rings. The standard InChI is InChI=1S/C15H20ClNO2/c16-10-9-15(7-8-15)12-17-14(18)6-11-19-13-4-2-1-3-5-13/h1-5H,6-12H2,(H,17,18). The highest BCUT2D eigenvalue weighted by atomic mass is 35.5. The van der Waals surface area contributed by atoms with Crippen LogP contribution in [-0.4, -0.2) is 24.9 Å². The number of hydrogen-bond donors (Lipinski definition) is 1. The van der Waals surface area contributed by atoms with Crippen molar-refractivity contribution < 1.29 is 9.53 Å². The minimum Gasteiger partial charge on any atom is -0.493 e. The minimum atomic E-state index is 0.0526. The minimum absolute atomic E-state index is 0.0526. The van der Waals surface area contributed by atoms with Crippen molar-refractivity contribution >= 4 is 17.5 Å². The first-order chi connectivity index (χ1) is 9.24. The Morgan fingerprint density at radius 2 is 2.05 bits per heavy atom. The molecule has 0 spiro atoms. The summed E-state index contributed by atoms with van der Waals surface area (Å²) in [7, 11) is 0. The number of nitrogens with one attached hydrogen (secondary N) is 1. The zero-order chi connectivity index (χ0) is 13.6. The van der Waals surface area contributed by atoms with E-state index in [0.29, 0.717) is 18.9 Å². The van der Waals surface area contributed by atoms with Crippen LogP contribution in [0.15, 0.2) is 30.3 Å². The Balaban J connectivity index is 1.60. The van der Waals surface area contributed by atoms with Gasteiger partial charge in [0.05, 0.1) is 13.0 Å². The summed E-state index contributed by atoms with van der Waals surface area (Å²) >= 11 is 5.76. The SMILES string of the molecule is O=C(CCOc1ccccc1)NCC1(CCCl)CC1. The van der Waals surface area contributed by atoms with Gasteiger partial charge in [0.25, 0.3) is 0 Å². The molecule has 0 heterocycles. The topological polar surface area (TPSA) is 38.3 Å². The van der Waals surface area contributed by atoms with Gasteiger partial charge in [0.1, 0.15) is 5.75 Å². The Kier molecular flexibility index (Phi) is 5.08. The number of hydrogen-bond acceptors (Lipinski definition) is 2. The van der Waals surface area contributed by atoms with E-state index in [1.807, 2.05) is 30.3 Å². The van der Waals surface area contributed by atoms with E-state index in [1.54, 1.807) is 0 Å². The highest BCUT2D eigenvalue weighted by Gasteiger charge is 2.41. The Labute approximate surface area is 119 Å². The number of rotatable bonds is 8. The summed E-state index contributed by atoms with van der Waals surface area (Å²) in [6.45, 7) is 1.17. The van der Waals surface area contributed by atoms with Crippen LogP contribution in [-0.2, 0) is 4.79 Å². The Hall–Kier alpha value is -1.22. The second-order valence-corrected chi connectivity index (χ2v) is 5.51. The van der Waals surface area contributed by atoms with Crippen LogP contribution in [0, 0.1) is 5.41 Å². The molecule has 0 unspecified atom stereocenters. The van der Waals surface area contributed by atoms with Crippen molar-refractivity contribution in [2.75, 3.05) is 19.0 Å². The number of amides is 1. The van der Waals surface area contributed by atoms with E-state index in [-0.39, 0.29) is 11.3 Å². The molecule has 4 heteroatoms. The van der Waals surface area contributed by atoms with Crippen molar-refractivity contribution in [2.24, 2.45) is 5.41 Å². The second kappa shape index (κ2) is 6.80. The first kappa shape index (κ1) is 14.2. The smallest absolute Gasteiger partial charge is 0.223 e. The molecular formula is C15H20ClNO2. The fourth-order valence-electron chi connectivity index (χ4n) is 2.05. The molecule has 1 fully saturated rings. The molecule has 1 aliphatic rings. The van der Waals surface area contributed by atoms with Gasteiger partial charge in [-0.1, -0.05) is 18.2 Å². The van der Waals surface area contributed by atoms with E-state index in [1.165, 1.54) is 12.8 Å². The van der Waals surface area contributed by atoms with E-state index in [0.717, 1.165) is 18.7 Å². The van der Waals surface area contributed by atoms with Crippen LogP contribution in [0.4, 0.5) is 0 Å². The summed E-state index contributed by atoms with van der Waals surface area (Å²) in [5.74, 6) is 1.53. The van der Waals surface area contributed by atoms with Gasteiger partial charge in [-0.05, 0) is 36.8 Å². The summed E-state index contributed by atoms with van der Waals surface area (Å²) in [4.78, 5) is 11.7. The van der Waals surface area contributed by atoms with E-state index >= 15 is 0 Å². The maximum absolute atomic E-state index is 11.7. The van der Waals surface area contributed by atoms with Gasteiger partial charge in [-0.15, -0.1) is 11.6 Å². The van der Waals surface area contributed by atoms with E-state index < -0.39 is 0 Å². The highest BCUT2D eigenvalue weighted by molar-refractivity contribution is 6.17. The predicted molar refractivity (Wildman–Crippen MR) is 76.6 cm³/mol. The number of carbonyl (C=O) groups excluding carboxylic acids is 1. The van der Waals surface area contributed by atoms with Crippen LogP contribution in [0.3, 0.4) is 0 Å². The molecule has 1 saturated carbocycles. The van der Waals surface area contributed by atoms with Crippen molar-refractivity contribution in [3.8, 4) is 5.75 Å². The summed E-state index contributed by atoms with van der Waals surface area (Å²) in [5, 5.41) is 2.98. The van der Waals surface area contributed by atoms with Gasteiger partial charge in [0.2, 0.25) is 5.91 Å². The Morgan fingerprint density at radius 3 is 2.68 bits per heavy atom. The van der Waals surface area contributed by atoms with Gasteiger partial charge < -0.3 is 10.1 Å². The fourth-order valence-corrected chi connectivity index (χ4v) is 2.45. The largest absolute Gasteiger partial charge is 0.493 e. The van der Waals surface area contributed by atoms with Crippen LogP contribution < -0.4 is 10.1 Å². The second-order valence-electron chi connectivity index (χ2n) is 5.13. The molecular weight excluding hydrogens is 262 g/mol. The average molecular weight is 282 g/mol. The lowest BCUT2D eigenvalue weighted by Crippen LogP contribution is -2.31. The molecule has 0 radical (unpaired) electrons. The molecule has 0 bridgehead atoms. The lowest BCUT2D eigenvalue weighted by atomic mass is 10.0. The third-order valence-corrected chi connectivity index (χ3v) is 3.77. The number of benzene rings is 1. The quantitative estimate of drug-likeness (QED) is 0.744. The van der Waals surface area contributed by atoms with Crippen LogP contribution >= 0.6 is 11.6 Å². The first-order valence-electron chi connectivity index (χ1n) is 6.75. The molecule has 0 aromatic heterocycles. The molecule has 19 heavy (non-hydrogen) atoms. The van der Waals surface area contributed by atoms with Gasteiger partial charge in [-0.25, -0.2) is 0 Å². The molecule has 0 atom stereocenters. The number of carbonyl (C=O) groups is 1. The van der Waals surface area contributed by atoms with Crippen molar-refractivity contribution in [1.82, 2.24) is 5.32 Å². The van der Waals surface area contributed by atoms with E-state index in [4.69, 9.17) is 16.3 Å². The number of halogens is 1. The molecule has 1 N–H and O–H groups in total. The molecule has 2 rings (SSSR count).